The molecule has 4 aromatic rings. The van der Waals surface area contributed by atoms with Gasteiger partial charge in [-0.25, -0.2) is 19.0 Å². The summed E-state index contributed by atoms with van der Waals surface area (Å²) in [4.78, 5) is 13.6. The highest BCUT2D eigenvalue weighted by Crippen LogP contribution is 2.32. The minimum atomic E-state index is -0.277. The van der Waals surface area contributed by atoms with Crippen LogP contribution in [0.4, 0.5) is 4.39 Å². The van der Waals surface area contributed by atoms with E-state index in [9.17, 15) is 4.39 Å². The molecule has 0 unspecified atom stereocenters. The molecule has 31 heavy (non-hydrogen) atoms. The summed E-state index contributed by atoms with van der Waals surface area (Å²) >= 11 is 0. The Morgan fingerprint density at radius 2 is 1.61 bits per heavy atom. The highest BCUT2D eigenvalue weighted by Gasteiger charge is 2.22. The molecule has 1 aliphatic rings. The van der Waals surface area contributed by atoms with Crippen LogP contribution in [0.2, 0.25) is 0 Å². The minimum Gasteiger partial charge on any atom is -0.424 e. The van der Waals surface area contributed by atoms with E-state index in [0.717, 1.165) is 42.9 Å². The van der Waals surface area contributed by atoms with Crippen LogP contribution in [-0.2, 0) is 0 Å². The van der Waals surface area contributed by atoms with Crippen molar-refractivity contribution in [1.29, 1.82) is 0 Å². The van der Waals surface area contributed by atoms with Gasteiger partial charge in [0.05, 0.1) is 11.4 Å². The summed E-state index contributed by atoms with van der Waals surface area (Å²) in [5.74, 6) is 0.393. The van der Waals surface area contributed by atoms with E-state index in [1.54, 1.807) is 18.3 Å². The number of imidazole rings is 1. The van der Waals surface area contributed by atoms with Crippen LogP contribution in [0.5, 0.6) is 11.8 Å². The van der Waals surface area contributed by atoms with Gasteiger partial charge in [-0.05, 0) is 61.7 Å². The van der Waals surface area contributed by atoms with E-state index in [1.807, 2.05) is 42.7 Å². The molecule has 2 aromatic heterocycles. The van der Waals surface area contributed by atoms with E-state index in [2.05, 4.69) is 24.6 Å². The van der Waals surface area contributed by atoms with Crippen molar-refractivity contribution in [3.8, 4) is 34.4 Å². The van der Waals surface area contributed by atoms with Gasteiger partial charge in [0, 0.05) is 24.8 Å². The first kappa shape index (κ1) is 19.2. The SMILES string of the molecule is Fc1ccc(-c2ncn(N3CCCCC3)c2-c2ccnc(Oc3ccccc3)n2)cc1. The van der Waals surface area contributed by atoms with Crippen LogP contribution in [0.15, 0.2) is 73.2 Å². The molecule has 156 valence electrons. The third-order valence-corrected chi connectivity index (χ3v) is 5.33. The third kappa shape index (κ3) is 4.12. The van der Waals surface area contributed by atoms with Crippen molar-refractivity contribution in [2.45, 2.75) is 19.3 Å². The lowest BCUT2D eigenvalue weighted by Gasteiger charge is -2.30. The van der Waals surface area contributed by atoms with Gasteiger partial charge in [-0.1, -0.05) is 18.2 Å². The van der Waals surface area contributed by atoms with Crippen LogP contribution >= 0.6 is 0 Å². The van der Waals surface area contributed by atoms with E-state index in [4.69, 9.17) is 4.74 Å². The minimum absolute atomic E-state index is 0.264. The third-order valence-electron chi connectivity index (χ3n) is 5.33. The molecule has 7 heteroatoms. The second-order valence-electron chi connectivity index (χ2n) is 7.45. The molecular formula is C24H22FN5O. The number of rotatable bonds is 5. The summed E-state index contributed by atoms with van der Waals surface area (Å²) in [6.45, 7) is 1.90. The quantitative estimate of drug-likeness (QED) is 0.456. The van der Waals surface area contributed by atoms with Crippen LogP contribution in [0, 0.1) is 5.82 Å². The second-order valence-corrected chi connectivity index (χ2v) is 7.45. The largest absolute Gasteiger partial charge is 0.424 e. The first-order valence-corrected chi connectivity index (χ1v) is 10.4. The predicted octanol–water partition coefficient (Wildman–Crippen LogP) is 5.06. The zero-order valence-corrected chi connectivity index (χ0v) is 17.0. The fourth-order valence-corrected chi connectivity index (χ4v) is 3.82. The fourth-order valence-electron chi connectivity index (χ4n) is 3.82. The van der Waals surface area contributed by atoms with E-state index >= 15 is 0 Å². The van der Waals surface area contributed by atoms with Crippen LogP contribution in [0.1, 0.15) is 19.3 Å². The van der Waals surface area contributed by atoms with Crippen molar-refractivity contribution >= 4 is 0 Å². The lowest BCUT2D eigenvalue weighted by molar-refractivity contribution is 0.442. The molecule has 3 heterocycles. The maximum atomic E-state index is 13.5. The molecule has 0 radical (unpaired) electrons. The van der Waals surface area contributed by atoms with Crippen LogP contribution in [0.25, 0.3) is 22.6 Å². The van der Waals surface area contributed by atoms with Crippen LogP contribution in [0.3, 0.4) is 0 Å². The molecule has 0 atom stereocenters. The average molecular weight is 415 g/mol. The number of aromatic nitrogens is 4. The molecule has 0 bridgehead atoms. The van der Waals surface area contributed by atoms with E-state index < -0.39 is 0 Å². The molecule has 6 nitrogen and oxygen atoms in total. The van der Waals surface area contributed by atoms with Gasteiger partial charge in [-0.2, -0.15) is 4.98 Å². The molecule has 1 saturated heterocycles. The number of hydrogen-bond donors (Lipinski definition) is 0. The monoisotopic (exact) mass is 415 g/mol. The van der Waals surface area contributed by atoms with Crippen molar-refractivity contribution in [1.82, 2.24) is 19.6 Å². The summed E-state index contributed by atoms with van der Waals surface area (Å²) in [5.41, 5.74) is 3.11. The van der Waals surface area contributed by atoms with E-state index in [1.165, 1.54) is 18.6 Å². The number of benzene rings is 2. The molecule has 0 aliphatic carbocycles. The zero-order valence-electron chi connectivity index (χ0n) is 17.0. The Morgan fingerprint density at radius 3 is 2.39 bits per heavy atom. The highest BCUT2D eigenvalue weighted by atomic mass is 19.1. The first-order chi connectivity index (χ1) is 15.3. The summed E-state index contributed by atoms with van der Waals surface area (Å²) in [7, 11) is 0. The number of piperidine rings is 1. The maximum Gasteiger partial charge on any atom is 0.322 e. The number of hydrogen-bond acceptors (Lipinski definition) is 5. The molecule has 5 rings (SSSR count). The smallest absolute Gasteiger partial charge is 0.322 e. The maximum absolute atomic E-state index is 13.5. The normalized spacial score (nSPS) is 13.9. The van der Waals surface area contributed by atoms with Gasteiger partial charge in [0.25, 0.3) is 0 Å². The van der Waals surface area contributed by atoms with Crippen molar-refractivity contribution in [3.63, 3.8) is 0 Å². The molecule has 1 fully saturated rings. The predicted molar refractivity (Wildman–Crippen MR) is 117 cm³/mol. The molecule has 0 N–H and O–H groups in total. The van der Waals surface area contributed by atoms with Crippen LogP contribution in [-0.4, -0.2) is 32.7 Å². The van der Waals surface area contributed by atoms with Crippen molar-refractivity contribution in [3.05, 3.63) is 79.0 Å². The first-order valence-electron chi connectivity index (χ1n) is 10.4. The Bertz CT molecular complexity index is 1150. The Hall–Kier alpha value is -3.74. The Balaban J connectivity index is 1.58. The Labute approximate surface area is 180 Å². The van der Waals surface area contributed by atoms with E-state index in [-0.39, 0.29) is 11.8 Å². The number of ether oxygens (including phenoxy) is 1. The molecule has 0 saturated carbocycles. The summed E-state index contributed by atoms with van der Waals surface area (Å²) in [6, 6.07) is 17.9. The van der Waals surface area contributed by atoms with Crippen molar-refractivity contribution < 1.29 is 9.13 Å². The van der Waals surface area contributed by atoms with E-state index in [0.29, 0.717) is 11.4 Å². The lowest BCUT2D eigenvalue weighted by atomic mass is 10.1. The number of para-hydroxylation sites is 1. The van der Waals surface area contributed by atoms with Crippen LogP contribution < -0.4 is 9.75 Å². The fraction of sp³-hybridized carbons (Fsp3) is 0.208. The number of halogens is 1. The topological polar surface area (TPSA) is 56.1 Å². The molecule has 2 aromatic carbocycles. The van der Waals surface area contributed by atoms with Gasteiger partial charge < -0.3 is 9.75 Å². The second kappa shape index (κ2) is 8.55. The average Bonchev–Trinajstić information content (AvgIpc) is 3.26. The molecule has 0 amide bonds. The summed E-state index contributed by atoms with van der Waals surface area (Å²) < 4.78 is 21.4. The highest BCUT2D eigenvalue weighted by molar-refractivity contribution is 5.77. The summed E-state index contributed by atoms with van der Waals surface area (Å²) in [5, 5.41) is 2.28. The molecule has 0 spiro atoms. The van der Waals surface area contributed by atoms with Crippen molar-refractivity contribution in [2.75, 3.05) is 18.1 Å². The van der Waals surface area contributed by atoms with Gasteiger partial charge >= 0.3 is 6.01 Å². The lowest BCUT2D eigenvalue weighted by Crippen LogP contribution is -2.39. The van der Waals surface area contributed by atoms with Gasteiger partial charge in [0.15, 0.2) is 0 Å². The number of nitrogens with zero attached hydrogens (tertiary/aromatic N) is 5. The Kier molecular flexibility index (Phi) is 5.31. The van der Waals surface area contributed by atoms with Gasteiger partial charge in [-0.15, -0.1) is 0 Å². The zero-order chi connectivity index (χ0) is 21.0. The molecular weight excluding hydrogens is 393 g/mol. The van der Waals surface area contributed by atoms with Gasteiger partial charge in [0.1, 0.15) is 23.6 Å². The summed E-state index contributed by atoms with van der Waals surface area (Å²) in [6.07, 6.45) is 7.00. The standard InChI is InChI=1S/C24H22FN5O/c25-19-11-9-18(10-12-19)22-23(30(17-27-22)29-15-5-2-6-16-29)21-13-14-26-24(28-21)31-20-7-3-1-4-8-20/h1,3-4,7-14,17H,2,5-6,15-16H2. The molecule has 1 aliphatic heterocycles. The van der Waals surface area contributed by atoms with Crippen molar-refractivity contribution in [2.24, 2.45) is 0 Å². The van der Waals surface area contributed by atoms with Gasteiger partial charge in [0.2, 0.25) is 0 Å². The Morgan fingerprint density at radius 1 is 0.839 bits per heavy atom. The van der Waals surface area contributed by atoms with Gasteiger partial charge in [-0.3, -0.25) is 0 Å².